The van der Waals surface area contributed by atoms with E-state index in [-0.39, 0.29) is 42.5 Å². The van der Waals surface area contributed by atoms with E-state index in [2.05, 4.69) is 52.3 Å². The van der Waals surface area contributed by atoms with Gasteiger partial charge in [0, 0.05) is 37.6 Å². The van der Waals surface area contributed by atoms with Crippen LogP contribution in [0.3, 0.4) is 0 Å². The third-order valence-corrected chi connectivity index (χ3v) is 13.9. The second-order valence-corrected chi connectivity index (χ2v) is 17.8. The first-order valence-electron chi connectivity index (χ1n) is 19.0. The smallest absolute Gasteiger partial charge is 0.313 e. The van der Waals surface area contributed by atoms with E-state index in [4.69, 9.17) is 9.47 Å². The van der Waals surface area contributed by atoms with E-state index in [1.54, 1.807) is 0 Å². The van der Waals surface area contributed by atoms with Crippen LogP contribution in [0.1, 0.15) is 124 Å². The second-order valence-electron chi connectivity index (χ2n) is 14.3. The number of hydrogen-bond acceptors (Lipinski definition) is 6. The van der Waals surface area contributed by atoms with Gasteiger partial charge in [0.15, 0.2) is 0 Å². The van der Waals surface area contributed by atoms with Gasteiger partial charge in [-0.3, -0.25) is 9.59 Å². The zero-order valence-corrected chi connectivity index (χ0v) is 34.1. The molecule has 0 aliphatic heterocycles. The Balaban J connectivity index is 0.000000194. The number of halogens is 3. The molecule has 4 aliphatic carbocycles. The number of hydrogen-bond donors (Lipinski definition) is 0. The van der Waals surface area contributed by atoms with Gasteiger partial charge in [0.05, 0.1) is 26.1 Å². The fourth-order valence-electron chi connectivity index (χ4n) is 6.67. The Morgan fingerprint density at radius 3 is 1.83 bits per heavy atom. The third-order valence-electron chi connectivity index (χ3n) is 10.1. The van der Waals surface area contributed by atoms with Crippen LogP contribution in [0, 0.1) is 5.92 Å². The Labute approximate surface area is 326 Å². The Morgan fingerprint density at radius 1 is 0.750 bits per heavy atom. The number of methoxy groups -OCH3 is 2. The van der Waals surface area contributed by atoms with Crippen LogP contribution < -0.4 is 0 Å². The highest BCUT2D eigenvalue weighted by Gasteiger charge is 2.38. The lowest BCUT2D eigenvalue weighted by atomic mass is 9.79. The van der Waals surface area contributed by atoms with Crippen molar-refractivity contribution in [2.75, 3.05) is 14.2 Å². The van der Waals surface area contributed by atoms with Gasteiger partial charge in [-0.05, 0) is 132 Å². The van der Waals surface area contributed by atoms with Gasteiger partial charge in [-0.2, -0.15) is 0 Å². The van der Waals surface area contributed by atoms with Crippen LogP contribution >= 0.6 is 39.5 Å². The number of rotatable bonds is 13. The Morgan fingerprint density at radius 2 is 1.29 bits per heavy atom. The average Bonchev–Trinajstić information content (AvgIpc) is 4.00. The van der Waals surface area contributed by atoms with Crippen LogP contribution in [0.5, 0.6) is 0 Å². The summed E-state index contributed by atoms with van der Waals surface area (Å²) in [5.74, 6) is -2.79. The van der Waals surface area contributed by atoms with Crippen LogP contribution in [0.15, 0.2) is 81.0 Å². The van der Waals surface area contributed by atoms with E-state index in [0.717, 1.165) is 31.7 Å². The molecule has 0 bridgehead atoms. The fraction of sp³-hybridized carbons (Fsp3) is 0.535. The van der Waals surface area contributed by atoms with Gasteiger partial charge in [-0.15, -0.1) is 23.5 Å². The molecule has 0 N–H and O–H groups in total. The van der Waals surface area contributed by atoms with Crippen LogP contribution in [0.25, 0.3) is 0 Å². The maximum absolute atomic E-state index is 13.5. The molecule has 7 rings (SSSR count). The highest BCUT2D eigenvalue weighted by atomic mass is 79.9. The first-order chi connectivity index (χ1) is 25.1. The molecule has 282 valence electrons. The molecule has 2 atom stereocenters. The van der Waals surface area contributed by atoms with E-state index in [1.165, 1.54) is 68.1 Å². The highest BCUT2D eigenvalue weighted by Crippen LogP contribution is 2.49. The monoisotopic (exact) mass is 814 g/mol. The number of carbonyl (C=O) groups is 2. The first kappa shape index (κ1) is 40.8. The normalized spacial score (nSPS) is 19.2. The molecule has 4 nitrogen and oxygen atoms in total. The molecule has 52 heavy (non-hydrogen) atoms. The van der Waals surface area contributed by atoms with Gasteiger partial charge in [0.2, 0.25) is 5.92 Å². The van der Waals surface area contributed by atoms with Crippen molar-refractivity contribution >= 4 is 51.4 Å². The quantitative estimate of drug-likeness (QED) is 0.160. The van der Waals surface area contributed by atoms with Gasteiger partial charge in [-0.1, -0.05) is 62.4 Å². The maximum Gasteiger partial charge on any atom is 0.313 e. The summed E-state index contributed by atoms with van der Waals surface area (Å²) in [5.41, 5.74) is 4.51. The predicted molar refractivity (Wildman–Crippen MR) is 213 cm³/mol. The zero-order valence-electron chi connectivity index (χ0n) is 30.9. The summed E-state index contributed by atoms with van der Waals surface area (Å²) in [4.78, 5) is 27.4. The summed E-state index contributed by atoms with van der Waals surface area (Å²) in [7, 11) is 2.87. The van der Waals surface area contributed by atoms with Gasteiger partial charge in [0.1, 0.15) is 0 Å². The SMILES string of the molecule is CC.COC(=O)C(Cc1ccccc1)c1ccc(SC2CC2)c(Br)c1.COC(=O)[C@H](CC1CCC(F)(F)CC1)c1ccc(SC2CC2)c(C2CC2)c1. The molecule has 0 heterocycles. The molecule has 0 aromatic heterocycles. The number of esters is 2. The van der Waals surface area contributed by atoms with Crippen LogP contribution in [-0.4, -0.2) is 42.6 Å². The van der Waals surface area contributed by atoms with Crippen molar-refractivity contribution in [3.05, 3.63) is 93.5 Å². The standard InChI is InChI=1S/C22H28F2O2S.C19H19BrO2S.C2H6/c1-26-21(25)19(12-14-8-10-22(23,24)11-9-14)16-4-7-20(27-17-5-6-17)18(13-16)15-2-3-15;1-22-19(21)16(11-13-5-3-2-4-6-13)14-7-10-18(17(20)12-14)23-15-8-9-15;1-2/h4,7,13-15,17,19H,2-3,5-6,8-12H2,1H3;2-7,10,12,15-16H,8-9,11H2,1H3;1-2H3/t19-;;/m1../s1. The lowest BCUT2D eigenvalue weighted by Gasteiger charge is -2.30. The number of benzene rings is 3. The fourth-order valence-corrected chi connectivity index (χ4v) is 9.64. The summed E-state index contributed by atoms with van der Waals surface area (Å²) < 4.78 is 38.1. The number of carbonyl (C=O) groups excluding carboxylic acids is 2. The Kier molecular flexibility index (Phi) is 15.1. The molecule has 3 aromatic carbocycles. The molecule has 1 unspecified atom stereocenters. The van der Waals surface area contributed by atoms with E-state index in [9.17, 15) is 18.4 Å². The van der Waals surface area contributed by atoms with Crippen molar-refractivity contribution in [3.8, 4) is 0 Å². The van der Waals surface area contributed by atoms with Crippen molar-refractivity contribution in [2.45, 2.75) is 135 Å². The molecule has 4 aliphatic rings. The topological polar surface area (TPSA) is 52.6 Å². The molecule has 4 saturated carbocycles. The number of alkyl halides is 2. The average molecular weight is 816 g/mol. The highest BCUT2D eigenvalue weighted by molar-refractivity contribution is 9.10. The minimum absolute atomic E-state index is 0.0597. The lowest BCUT2D eigenvalue weighted by molar-refractivity contribution is -0.143. The molecule has 0 saturated heterocycles. The van der Waals surface area contributed by atoms with Gasteiger partial charge in [0.25, 0.3) is 0 Å². The van der Waals surface area contributed by atoms with Gasteiger partial charge in [-0.25, -0.2) is 8.78 Å². The molecule has 0 amide bonds. The molecule has 3 aromatic rings. The molecule has 9 heteroatoms. The van der Waals surface area contributed by atoms with Crippen molar-refractivity contribution in [1.82, 2.24) is 0 Å². The minimum atomic E-state index is -2.53. The van der Waals surface area contributed by atoms with Crippen molar-refractivity contribution in [3.63, 3.8) is 0 Å². The molecule has 0 radical (unpaired) electrons. The summed E-state index contributed by atoms with van der Waals surface area (Å²) in [6, 6.07) is 22.7. The van der Waals surface area contributed by atoms with Crippen molar-refractivity contribution in [2.24, 2.45) is 5.92 Å². The number of thioether (sulfide) groups is 2. The van der Waals surface area contributed by atoms with Crippen molar-refractivity contribution < 1.29 is 27.8 Å². The van der Waals surface area contributed by atoms with E-state index >= 15 is 0 Å². The maximum atomic E-state index is 13.5. The van der Waals surface area contributed by atoms with Crippen LogP contribution in [-0.2, 0) is 25.5 Å². The largest absolute Gasteiger partial charge is 0.469 e. The number of ether oxygens (including phenoxy) is 2. The van der Waals surface area contributed by atoms with Crippen LogP contribution in [0.2, 0.25) is 0 Å². The van der Waals surface area contributed by atoms with Crippen LogP contribution in [0.4, 0.5) is 8.78 Å². The first-order valence-corrected chi connectivity index (χ1v) is 21.5. The molecule has 4 fully saturated rings. The Hall–Kier alpha value is -2.36. The van der Waals surface area contributed by atoms with Crippen molar-refractivity contribution in [1.29, 1.82) is 0 Å². The van der Waals surface area contributed by atoms with E-state index < -0.39 is 5.92 Å². The van der Waals surface area contributed by atoms with Gasteiger partial charge >= 0.3 is 11.9 Å². The second kappa shape index (κ2) is 19.3. The van der Waals surface area contributed by atoms with E-state index in [0.29, 0.717) is 31.6 Å². The Bertz CT molecular complexity index is 1610. The molecule has 0 spiro atoms. The molecular formula is C43H53BrF2O4S2. The summed E-state index contributed by atoms with van der Waals surface area (Å²) in [6.07, 6.45) is 9.78. The van der Waals surface area contributed by atoms with Gasteiger partial charge < -0.3 is 9.47 Å². The summed E-state index contributed by atoms with van der Waals surface area (Å²) in [5, 5.41) is 1.52. The summed E-state index contributed by atoms with van der Waals surface area (Å²) in [6.45, 7) is 4.00. The lowest BCUT2D eigenvalue weighted by Crippen LogP contribution is -2.27. The molecular weight excluding hydrogens is 763 g/mol. The third kappa shape index (κ3) is 12.1. The predicted octanol–water partition coefficient (Wildman–Crippen LogP) is 12.5. The minimum Gasteiger partial charge on any atom is -0.469 e. The van der Waals surface area contributed by atoms with E-state index in [1.807, 2.05) is 67.7 Å². The zero-order chi connectivity index (χ0) is 37.3. The summed E-state index contributed by atoms with van der Waals surface area (Å²) >= 11 is 7.54.